The van der Waals surface area contributed by atoms with Crippen LogP contribution in [0.4, 0.5) is 0 Å². The first-order chi connectivity index (χ1) is 6.59. The Balaban J connectivity index is 2.64. The number of aliphatic hydroxyl groups is 1. The molecule has 5 nitrogen and oxygen atoms in total. The Morgan fingerprint density at radius 2 is 2.21 bits per heavy atom. The van der Waals surface area contributed by atoms with Crippen LogP contribution in [0.25, 0.3) is 0 Å². The van der Waals surface area contributed by atoms with E-state index in [9.17, 15) is 5.11 Å². The van der Waals surface area contributed by atoms with Crippen molar-refractivity contribution in [3.8, 4) is 0 Å². The van der Waals surface area contributed by atoms with E-state index in [0.29, 0.717) is 12.2 Å². The highest BCUT2D eigenvalue weighted by atomic mass is 16.3. The van der Waals surface area contributed by atoms with Crippen molar-refractivity contribution in [1.29, 1.82) is 0 Å². The van der Waals surface area contributed by atoms with Gasteiger partial charge >= 0.3 is 0 Å². The van der Waals surface area contributed by atoms with Crippen molar-refractivity contribution in [3.05, 3.63) is 5.82 Å². The molecule has 0 aliphatic carbocycles. The highest BCUT2D eigenvalue weighted by Gasteiger charge is 2.24. The van der Waals surface area contributed by atoms with E-state index in [1.807, 2.05) is 6.92 Å². The van der Waals surface area contributed by atoms with Gasteiger partial charge in [-0.1, -0.05) is 20.3 Å². The Morgan fingerprint density at radius 1 is 1.50 bits per heavy atom. The normalized spacial score (nSPS) is 15.4. The number of hydrogen-bond donors (Lipinski definition) is 1. The fourth-order valence-electron chi connectivity index (χ4n) is 1.60. The van der Waals surface area contributed by atoms with Crippen LogP contribution >= 0.6 is 0 Å². The third-order valence-electron chi connectivity index (χ3n) is 2.37. The molecular weight excluding hydrogens is 180 g/mol. The molecule has 1 aromatic rings. The van der Waals surface area contributed by atoms with Gasteiger partial charge < -0.3 is 5.11 Å². The second kappa shape index (κ2) is 4.50. The molecule has 1 heterocycles. The zero-order valence-electron chi connectivity index (χ0n) is 9.06. The topological polar surface area (TPSA) is 63.8 Å². The molecule has 0 radical (unpaired) electrons. The van der Waals surface area contributed by atoms with Gasteiger partial charge in [-0.05, 0) is 17.0 Å². The Labute approximate surface area is 84.1 Å². The molecule has 0 aliphatic heterocycles. The van der Waals surface area contributed by atoms with E-state index >= 15 is 0 Å². The minimum atomic E-state index is -0.113. The summed E-state index contributed by atoms with van der Waals surface area (Å²) in [4.78, 5) is 1.44. The minimum absolute atomic E-state index is 0.113. The van der Waals surface area contributed by atoms with Crippen molar-refractivity contribution in [1.82, 2.24) is 20.2 Å². The van der Waals surface area contributed by atoms with Gasteiger partial charge in [0, 0.05) is 13.0 Å². The van der Waals surface area contributed by atoms with Crippen LogP contribution in [0.3, 0.4) is 0 Å². The molecule has 0 fully saturated rings. The fraction of sp³-hybridized carbons (Fsp3) is 0.889. The standard InChI is InChI=1S/C9H18N4O/c1-4-5-9(2,7-14)6-8-10-12-13(3)11-8/h14H,4-7H2,1-3H3. The molecule has 1 rings (SSSR count). The lowest BCUT2D eigenvalue weighted by atomic mass is 9.83. The van der Waals surface area contributed by atoms with Crippen molar-refractivity contribution in [2.24, 2.45) is 12.5 Å². The van der Waals surface area contributed by atoms with E-state index in [2.05, 4.69) is 22.3 Å². The number of nitrogens with zero attached hydrogens (tertiary/aromatic N) is 4. The SMILES string of the molecule is CCCC(C)(CO)Cc1nnn(C)n1. The molecule has 0 aliphatic rings. The first-order valence-corrected chi connectivity index (χ1v) is 4.93. The zero-order chi connectivity index (χ0) is 10.6. The zero-order valence-corrected chi connectivity index (χ0v) is 9.06. The molecule has 1 aromatic heterocycles. The van der Waals surface area contributed by atoms with Crippen LogP contribution in [0.5, 0.6) is 0 Å². The van der Waals surface area contributed by atoms with Gasteiger partial charge in [0.1, 0.15) is 0 Å². The third-order valence-corrected chi connectivity index (χ3v) is 2.37. The smallest absolute Gasteiger partial charge is 0.175 e. The van der Waals surface area contributed by atoms with Gasteiger partial charge in [-0.15, -0.1) is 10.2 Å². The number of rotatable bonds is 5. The van der Waals surface area contributed by atoms with Gasteiger partial charge in [-0.2, -0.15) is 4.80 Å². The molecule has 0 amide bonds. The number of aliphatic hydroxyl groups excluding tert-OH is 1. The quantitative estimate of drug-likeness (QED) is 0.750. The van der Waals surface area contributed by atoms with Crippen LogP contribution in [-0.4, -0.2) is 31.9 Å². The summed E-state index contributed by atoms with van der Waals surface area (Å²) in [6.07, 6.45) is 2.71. The second-order valence-corrected chi connectivity index (χ2v) is 4.09. The molecule has 0 aromatic carbocycles. The first-order valence-electron chi connectivity index (χ1n) is 4.93. The lowest BCUT2D eigenvalue weighted by molar-refractivity contribution is 0.129. The third kappa shape index (κ3) is 2.77. The van der Waals surface area contributed by atoms with Gasteiger partial charge in [0.2, 0.25) is 0 Å². The molecular formula is C9H18N4O. The van der Waals surface area contributed by atoms with Crippen molar-refractivity contribution in [2.75, 3.05) is 6.61 Å². The fourth-order valence-corrected chi connectivity index (χ4v) is 1.60. The van der Waals surface area contributed by atoms with Crippen LogP contribution in [-0.2, 0) is 13.5 Å². The maximum atomic E-state index is 9.30. The van der Waals surface area contributed by atoms with E-state index in [0.717, 1.165) is 12.8 Å². The molecule has 1 N–H and O–H groups in total. The average molecular weight is 198 g/mol. The monoisotopic (exact) mass is 198 g/mol. The van der Waals surface area contributed by atoms with E-state index in [4.69, 9.17) is 0 Å². The van der Waals surface area contributed by atoms with Crippen LogP contribution in [0.15, 0.2) is 0 Å². The van der Waals surface area contributed by atoms with Crippen LogP contribution in [0, 0.1) is 5.41 Å². The Bertz CT molecular complexity index is 286. The lowest BCUT2D eigenvalue weighted by Gasteiger charge is -2.24. The Hall–Kier alpha value is -0.970. The largest absolute Gasteiger partial charge is 0.396 e. The maximum Gasteiger partial charge on any atom is 0.175 e. The summed E-state index contributed by atoms with van der Waals surface area (Å²) >= 11 is 0. The number of hydrogen-bond acceptors (Lipinski definition) is 4. The van der Waals surface area contributed by atoms with Gasteiger partial charge in [-0.25, -0.2) is 0 Å². The summed E-state index contributed by atoms with van der Waals surface area (Å²) in [6.45, 7) is 4.32. The Morgan fingerprint density at radius 3 is 2.64 bits per heavy atom. The van der Waals surface area contributed by atoms with Crippen LogP contribution in [0.2, 0.25) is 0 Å². The molecule has 0 saturated heterocycles. The maximum absolute atomic E-state index is 9.30. The van der Waals surface area contributed by atoms with Gasteiger partial charge in [0.15, 0.2) is 5.82 Å². The molecule has 5 heteroatoms. The van der Waals surface area contributed by atoms with E-state index in [1.54, 1.807) is 7.05 Å². The summed E-state index contributed by atoms with van der Waals surface area (Å²) in [5.74, 6) is 0.706. The molecule has 0 saturated carbocycles. The van der Waals surface area contributed by atoms with Crippen LogP contribution in [0.1, 0.15) is 32.5 Å². The lowest BCUT2D eigenvalue weighted by Crippen LogP contribution is -2.24. The number of tetrazole rings is 1. The van der Waals surface area contributed by atoms with Crippen molar-refractivity contribution >= 4 is 0 Å². The average Bonchev–Trinajstić information content (AvgIpc) is 2.51. The van der Waals surface area contributed by atoms with E-state index < -0.39 is 0 Å². The van der Waals surface area contributed by atoms with Gasteiger partial charge in [0.25, 0.3) is 0 Å². The minimum Gasteiger partial charge on any atom is -0.396 e. The Kier molecular flexibility index (Phi) is 3.57. The molecule has 80 valence electrons. The first kappa shape index (κ1) is 11.1. The summed E-state index contributed by atoms with van der Waals surface area (Å²) in [5.41, 5.74) is -0.113. The summed E-state index contributed by atoms with van der Waals surface area (Å²) < 4.78 is 0. The van der Waals surface area contributed by atoms with Crippen LogP contribution < -0.4 is 0 Å². The number of aryl methyl sites for hydroxylation is 1. The second-order valence-electron chi connectivity index (χ2n) is 4.09. The predicted octanol–water partition coefficient (Wildman–Crippen LogP) is 0.551. The van der Waals surface area contributed by atoms with E-state index in [-0.39, 0.29) is 12.0 Å². The number of aromatic nitrogens is 4. The molecule has 0 spiro atoms. The summed E-state index contributed by atoms with van der Waals surface area (Å²) in [6, 6.07) is 0. The molecule has 0 bridgehead atoms. The highest BCUT2D eigenvalue weighted by Crippen LogP contribution is 2.25. The highest BCUT2D eigenvalue weighted by molar-refractivity contribution is 4.87. The molecule has 1 atom stereocenters. The molecule has 1 unspecified atom stereocenters. The summed E-state index contributed by atoms with van der Waals surface area (Å²) in [7, 11) is 1.74. The van der Waals surface area contributed by atoms with Crippen molar-refractivity contribution in [2.45, 2.75) is 33.1 Å². The van der Waals surface area contributed by atoms with Gasteiger partial charge in [-0.3, -0.25) is 0 Å². The van der Waals surface area contributed by atoms with Crippen molar-refractivity contribution in [3.63, 3.8) is 0 Å². The van der Waals surface area contributed by atoms with Crippen molar-refractivity contribution < 1.29 is 5.11 Å². The predicted molar refractivity (Wildman–Crippen MR) is 52.6 cm³/mol. The van der Waals surface area contributed by atoms with Gasteiger partial charge in [0.05, 0.1) is 7.05 Å². The molecule has 14 heavy (non-hydrogen) atoms. The summed E-state index contributed by atoms with van der Waals surface area (Å²) in [5, 5.41) is 21.1. The van der Waals surface area contributed by atoms with E-state index in [1.165, 1.54) is 4.80 Å².